The van der Waals surface area contributed by atoms with Crippen molar-refractivity contribution in [1.82, 2.24) is 0 Å². The Morgan fingerprint density at radius 1 is 0.545 bits per heavy atom. The molecule has 0 nitrogen and oxygen atoms in total. The van der Waals surface area contributed by atoms with Crippen LogP contribution in [0.15, 0.2) is 78.9 Å². The Bertz CT molecular complexity index is 856. The van der Waals surface area contributed by atoms with E-state index in [1.165, 1.54) is 45.2 Å². The van der Waals surface area contributed by atoms with E-state index in [0.29, 0.717) is 0 Å². The van der Waals surface area contributed by atoms with E-state index >= 15 is 0 Å². The summed E-state index contributed by atoms with van der Waals surface area (Å²) < 4.78 is 0. The van der Waals surface area contributed by atoms with Crippen LogP contribution >= 0.6 is 0 Å². The molecule has 0 heterocycles. The smallest absolute Gasteiger partial charge is 0.0452 e. The maximum absolute atomic E-state index is 2.26. The van der Waals surface area contributed by atoms with Crippen LogP contribution < -0.4 is 0 Å². The maximum atomic E-state index is 2.26. The first-order valence-electron chi connectivity index (χ1n) is 7.64. The van der Waals surface area contributed by atoms with Crippen molar-refractivity contribution in [2.24, 2.45) is 0 Å². The topological polar surface area (TPSA) is 0 Å². The lowest BCUT2D eigenvalue weighted by Crippen LogP contribution is -2.09. The Morgan fingerprint density at radius 2 is 1.09 bits per heavy atom. The van der Waals surface area contributed by atoms with Gasteiger partial charge < -0.3 is 0 Å². The molecule has 0 saturated carbocycles. The van der Waals surface area contributed by atoms with Gasteiger partial charge in [0.05, 0.1) is 17.2 Å². The fourth-order valence-corrected chi connectivity index (χ4v) is 3.68. The first-order chi connectivity index (χ1) is 10.9. The van der Waals surface area contributed by atoms with Gasteiger partial charge in [-0.1, -0.05) is 0 Å². The molecule has 0 spiro atoms. The molecule has 3 aromatic rings. The van der Waals surface area contributed by atoms with Crippen molar-refractivity contribution >= 4 is 6.08 Å². The Labute approximate surface area is 130 Å². The number of benzene rings is 3. The number of hydrogen-bond donors (Lipinski definition) is 0. The molecule has 0 radical (unpaired) electrons. The van der Waals surface area contributed by atoms with E-state index in [1.807, 2.05) is 0 Å². The van der Waals surface area contributed by atoms with Gasteiger partial charge in [0.2, 0.25) is 0 Å². The summed E-state index contributed by atoms with van der Waals surface area (Å²) in [5.41, 5.74) is 8.03. The largest absolute Gasteiger partial charge is 0.129 e. The van der Waals surface area contributed by atoms with E-state index in [9.17, 15) is 0 Å². The number of hydrogen-bond acceptors (Lipinski definition) is 0. The molecule has 0 heteroatoms. The fourth-order valence-electron chi connectivity index (χ4n) is 3.68. The molecule has 0 atom stereocenters. The summed E-state index contributed by atoms with van der Waals surface area (Å²) in [6.45, 7) is 0. The Morgan fingerprint density at radius 3 is 1.77 bits per heavy atom. The molecular weight excluding hydrogens is 264 g/mol. The van der Waals surface area contributed by atoms with Crippen molar-refractivity contribution in [2.75, 3.05) is 0 Å². The van der Waals surface area contributed by atoms with E-state index in [-0.39, 0.29) is 0 Å². The van der Waals surface area contributed by atoms with E-state index in [0.717, 1.165) is 0 Å². The molecule has 0 saturated heterocycles. The summed E-state index contributed by atoms with van der Waals surface area (Å²) in [5.74, 6) is 2.71. The van der Waals surface area contributed by atoms with Crippen LogP contribution in [0.1, 0.15) is 22.3 Å². The van der Waals surface area contributed by atoms with Crippen molar-refractivity contribution in [3.63, 3.8) is 0 Å². The Kier molecular flexibility index (Phi) is 2.31. The molecule has 0 amide bonds. The molecule has 3 aromatic carbocycles. The molecule has 2 aliphatic carbocycles. The Balaban J connectivity index is 1.75. The van der Waals surface area contributed by atoms with Crippen LogP contribution in [-0.4, -0.2) is 0 Å². The second-order valence-electron chi connectivity index (χ2n) is 5.80. The van der Waals surface area contributed by atoms with Crippen LogP contribution in [0.3, 0.4) is 0 Å². The first-order valence-corrected chi connectivity index (χ1v) is 7.64. The third kappa shape index (κ3) is 1.47. The minimum Gasteiger partial charge on any atom is -0.0452 e. The standard InChI is InChI=1S/C22H14/c1-2-8-16-15(7-1)13-14-21(16)22-19-11-5-3-9-17(19)18-10-4-6-12-20(18)22/h1-14H/q+2. The molecule has 0 fully saturated rings. The minimum absolute atomic E-state index is 1.31. The summed E-state index contributed by atoms with van der Waals surface area (Å²) in [6, 6.07) is 26.1. The normalized spacial score (nSPS) is 14.0. The third-order valence-electron chi connectivity index (χ3n) is 4.63. The van der Waals surface area contributed by atoms with Gasteiger partial charge in [0, 0.05) is 24.3 Å². The lowest BCUT2D eigenvalue weighted by molar-refractivity contribution is 1.16. The highest BCUT2D eigenvalue weighted by Crippen LogP contribution is 2.51. The quantitative estimate of drug-likeness (QED) is 0.531. The summed E-state index contributed by atoms with van der Waals surface area (Å²) in [4.78, 5) is 0. The average molecular weight is 278 g/mol. The lowest BCUT2D eigenvalue weighted by Gasteiger charge is -2.10. The van der Waals surface area contributed by atoms with Crippen molar-refractivity contribution in [2.45, 2.75) is 0 Å². The number of rotatable bonds is 1. The predicted molar refractivity (Wildman–Crippen MR) is 91.1 cm³/mol. The van der Waals surface area contributed by atoms with Crippen molar-refractivity contribution in [3.05, 3.63) is 113 Å². The zero-order valence-corrected chi connectivity index (χ0v) is 12.1. The highest BCUT2D eigenvalue weighted by molar-refractivity contribution is 5.90. The highest BCUT2D eigenvalue weighted by Gasteiger charge is 2.46. The van der Waals surface area contributed by atoms with Crippen LogP contribution in [-0.2, 0) is 0 Å². The summed E-state index contributed by atoms with van der Waals surface area (Å²) >= 11 is 0. The van der Waals surface area contributed by atoms with Crippen LogP contribution in [0.2, 0.25) is 0 Å². The van der Waals surface area contributed by atoms with E-state index < -0.39 is 0 Å². The molecule has 0 unspecified atom stereocenters. The Hall–Kier alpha value is -2.86. The second-order valence-corrected chi connectivity index (χ2v) is 5.80. The summed E-state index contributed by atoms with van der Waals surface area (Å²) in [7, 11) is 0. The van der Waals surface area contributed by atoms with Crippen LogP contribution in [0.25, 0.3) is 17.2 Å². The van der Waals surface area contributed by atoms with E-state index in [2.05, 4.69) is 84.9 Å². The van der Waals surface area contributed by atoms with Gasteiger partial charge in [0.1, 0.15) is 34.1 Å². The van der Waals surface area contributed by atoms with Gasteiger partial charge in [-0.05, 0) is 54.6 Å². The average Bonchev–Trinajstić information content (AvgIpc) is 3.14. The number of fused-ring (bicyclic) bond motifs is 4. The number of allylic oxidation sites excluding steroid dienone is 1. The van der Waals surface area contributed by atoms with Gasteiger partial charge in [-0.15, -0.1) is 0 Å². The monoisotopic (exact) mass is 278 g/mol. The van der Waals surface area contributed by atoms with Gasteiger partial charge in [0.15, 0.2) is 0 Å². The molecule has 5 rings (SSSR count). The molecule has 0 aromatic heterocycles. The van der Waals surface area contributed by atoms with Crippen LogP contribution in [0, 0.1) is 11.8 Å². The predicted octanol–water partition coefficient (Wildman–Crippen LogP) is 5.29. The minimum atomic E-state index is 1.31. The molecule has 100 valence electrons. The molecular formula is C22H14+2. The van der Waals surface area contributed by atoms with Gasteiger partial charge in [0.25, 0.3) is 0 Å². The van der Waals surface area contributed by atoms with E-state index in [1.54, 1.807) is 0 Å². The van der Waals surface area contributed by atoms with Gasteiger partial charge in [-0.2, -0.15) is 0 Å². The van der Waals surface area contributed by atoms with Crippen molar-refractivity contribution in [1.29, 1.82) is 0 Å². The first kappa shape index (κ1) is 11.8. The molecule has 0 N–H and O–H groups in total. The van der Waals surface area contributed by atoms with Gasteiger partial charge >= 0.3 is 0 Å². The van der Waals surface area contributed by atoms with Gasteiger partial charge in [-0.25, -0.2) is 0 Å². The lowest BCUT2D eigenvalue weighted by atomic mass is 9.81. The SMILES string of the molecule is C1=C[C+]([C+]2c3ccccc3-c3ccccc32)c2ccccc21. The van der Waals surface area contributed by atoms with Crippen molar-refractivity contribution < 1.29 is 0 Å². The fraction of sp³-hybridized carbons (Fsp3) is 0. The highest BCUT2D eigenvalue weighted by atomic mass is 14.4. The zero-order chi connectivity index (χ0) is 14.5. The molecule has 2 aliphatic rings. The summed E-state index contributed by atoms with van der Waals surface area (Å²) in [5, 5.41) is 0. The van der Waals surface area contributed by atoms with Crippen molar-refractivity contribution in [3.8, 4) is 11.1 Å². The molecule has 22 heavy (non-hydrogen) atoms. The maximum Gasteiger partial charge on any atom is 0.129 e. The third-order valence-corrected chi connectivity index (χ3v) is 4.63. The zero-order valence-electron chi connectivity index (χ0n) is 12.1. The van der Waals surface area contributed by atoms with Gasteiger partial charge in [-0.3, -0.25) is 0 Å². The summed E-state index contributed by atoms with van der Waals surface area (Å²) in [6.07, 6.45) is 4.49. The molecule has 0 aliphatic heterocycles. The molecule has 0 bridgehead atoms. The van der Waals surface area contributed by atoms with E-state index in [4.69, 9.17) is 0 Å². The van der Waals surface area contributed by atoms with Crippen LogP contribution in [0.5, 0.6) is 0 Å². The second kappa shape index (κ2) is 4.32. The van der Waals surface area contributed by atoms with Crippen LogP contribution in [0.4, 0.5) is 0 Å².